The lowest BCUT2D eigenvalue weighted by Crippen LogP contribution is -2.15. The standard InChI is InChI=1S/C9H10NO3/c10-5-9(12)13-6-7-1-3-8(11)4-2-7/h1-4,6,11H,5,10H2. The Labute approximate surface area is 75.9 Å². The Morgan fingerprint density at radius 2 is 2.08 bits per heavy atom. The first kappa shape index (κ1) is 9.54. The third-order valence-corrected chi connectivity index (χ3v) is 1.39. The molecule has 0 spiro atoms. The molecular weight excluding hydrogens is 170 g/mol. The van der Waals surface area contributed by atoms with Crippen LogP contribution in [0.4, 0.5) is 0 Å². The molecule has 0 saturated carbocycles. The van der Waals surface area contributed by atoms with E-state index in [1.54, 1.807) is 12.1 Å². The van der Waals surface area contributed by atoms with Gasteiger partial charge in [0.05, 0.1) is 6.54 Å². The molecule has 1 aromatic rings. The number of carbonyl (C=O) groups is 1. The molecule has 0 aliphatic rings. The molecule has 4 nitrogen and oxygen atoms in total. The van der Waals surface area contributed by atoms with E-state index < -0.39 is 5.97 Å². The monoisotopic (exact) mass is 180 g/mol. The fourth-order valence-electron chi connectivity index (χ4n) is 0.735. The summed E-state index contributed by atoms with van der Waals surface area (Å²) in [7, 11) is 0. The number of benzene rings is 1. The predicted octanol–water partition coefficient (Wildman–Crippen LogP) is 0.404. The van der Waals surface area contributed by atoms with Crippen molar-refractivity contribution in [1.82, 2.24) is 0 Å². The summed E-state index contributed by atoms with van der Waals surface area (Å²) < 4.78 is 4.65. The van der Waals surface area contributed by atoms with Crippen LogP contribution in [-0.4, -0.2) is 17.6 Å². The second-order valence-corrected chi connectivity index (χ2v) is 2.40. The Morgan fingerprint density at radius 1 is 1.46 bits per heavy atom. The van der Waals surface area contributed by atoms with Crippen LogP contribution in [0.3, 0.4) is 0 Å². The number of carbonyl (C=O) groups excluding carboxylic acids is 1. The topological polar surface area (TPSA) is 72.6 Å². The van der Waals surface area contributed by atoms with Gasteiger partial charge in [0.1, 0.15) is 5.75 Å². The molecule has 0 aromatic heterocycles. The number of rotatable bonds is 3. The molecule has 0 aliphatic carbocycles. The summed E-state index contributed by atoms with van der Waals surface area (Å²) >= 11 is 0. The van der Waals surface area contributed by atoms with Crippen LogP contribution in [0, 0.1) is 6.61 Å². The molecule has 4 heteroatoms. The minimum absolute atomic E-state index is 0.144. The maximum absolute atomic E-state index is 10.6. The largest absolute Gasteiger partial charge is 0.508 e. The summed E-state index contributed by atoms with van der Waals surface area (Å²) in [5.41, 5.74) is 5.72. The van der Waals surface area contributed by atoms with Crippen LogP contribution in [0.1, 0.15) is 5.56 Å². The minimum Gasteiger partial charge on any atom is -0.508 e. The van der Waals surface area contributed by atoms with E-state index in [4.69, 9.17) is 10.8 Å². The number of esters is 1. The predicted molar refractivity (Wildman–Crippen MR) is 46.7 cm³/mol. The van der Waals surface area contributed by atoms with Crippen molar-refractivity contribution in [3.8, 4) is 5.75 Å². The first-order valence-electron chi connectivity index (χ1n) is 3.74. The van der Waals surface area contributed by atoms with Gasteiger partial charge in [0, 0.05) is 0 Å². The highest BCUT2D eigenvalue weighted by molar-refractivity contribution is 5.72. The number of hydrogen-bond acceptors (Lipinski definition) is 4. The highest BCUT2D eigenvalue weighted by Crippen LogP contribution is 2.11. The van der Waals surface area contributed by atoms with E-state index in [-0.39, 0.29) is 12.3 Å². The van der Waals surface area contributed by atoms with Crippen molar-refractivity contribution in [3.63, 3.8) is 0 Å². The minimum atomic E-state index is -0.493. The van der Waals surface area contributed by atoms with Crippen LogP contribution in [0.5, 0.6) is 5.75 Å². The van der Waals surface area contributed by atoms with Gasteiger partial charge < -0.3 is 15.6 Å². The summed E-state index contributed by atoms with van der Waals surface area (Å²) in [4.78, 5) is 10.6. The first-order valence-corrected chi connectivity index (χ1v) is 3.74. The van der Waals surface area contributed by atoms with E-state index >= 15 is 0 Å². The second kappa shape index (κ2) is 4.47. The average Bonchev–Trinajstić information content (AvgIpc) is 2.16. The number of phenolic OH excluding ortho intramolecular Hbond substituents is 1. The lowest BCUT2D eigenvalue weighted by atomic mass is 10.2. The number of hydrogen-bond donors (Lipinski definition) is 2. The Kier molecular flexibility index (Phi) is 3.28. The van der Waals surface area contributed by atoms with Crippen LogP contribution < -0.4 is 5.73 Å². The van der Waals surface area contributed by atoms with E-state index in [0.717, 1.165) is 0 Å². The van der Waals surface area contributed by atoms with E-state index in [1.807, 2.05) is 0 Å². The number of ether oxygens (including phenoxy) is 1. The van der Waals surface area contributed by atoms with Gasteiger partial charge in [-0.15, -0.1) is 0 Å². The van der Waals surface area contributed by atoms with Gasteiger partial charge >= 0.3 is 5.97 Å². The Morgan fingerprint density at radius 3 is 2.62 bits per heavy atom. The smallest absolute Gasteiger partial charge is 0.320 e. The zero-order chi connectivity index (χ0) is 9.68. The summed E-state index contributed by atoms with van der Waals surface area (Å²) in [6, 6.07) is 6.25. The van der Waals surface area contributed by atoms with Crippen LogP contribution in [0.25, 0.3) is 0 Å². The van der Waals surface area contributed by atoms with Crippen LogP contribution >= 0.6 is 0 Å². The van der Waals surface area contributed by atoms with E-state index in [9.17, 15) is 4.79 Å². The van der Waals surface area contributed by atoms with Crippen molar-refractivity contribution in [2.45, 2.75) is 0 Å². The number of nitrogens with two attached hydrogens (primary N) is 1. The van der Waals surface area contributed by atoms with Crippen molar-refractivity contribution < 1.29 is 14.6 Å². The van der Waals surface area contributed by atoms with E-state index in [0.29, 0.717) is 5.56 Å². The molecule has 0 aliphatic heterocycles. The SMILES string of the molecule is NCC(=O)O[CH]c1ccc(O)cc1. The highest BCUT2D eigenvalue weighted by Gasteiger charge is 2.00. The molecule has 3 N–H and O–H groups in total. The quantitative estimate of drug-likeness (QED) is 0.660. The molecule has 13 heavy (non-hydrogen) atoms. The molecule has 0 heterocycles. The number of aromatic hydroxyl groups is 1. The van der Waals surface area contributed by atoms with Crippen molar-refractivity contribution in [2.24, 2.45) is 5.73 Å². The Hall–Kier alpha value is -1.55. The molecule has 0 saturated heterocycles. The Bertz CT molecular complexity index is 281. The maximum Gasteiger partial charge on any atom is 0.320 e. The van der Waals surface area contributed by atoms with E-state index in [1.165, 1.54) is 18.7 Å². The molecule has 0 unspecified atom stereocenters. The van der Waals surface area contributed by atoms with Crippen molar-refractivity contribution >= 4 is 5.97 Å². The van der Waals surface area contributed by atoms with Crippen LogP contribution in [-0.2, 0) is 9.53 Å². The molecule has 1 aromatic carbocycles. The molecular formula is C9H10NO3. The first-order chi connectivity index (χ1) is 6.22. The number of phenols is 1. The summed E-state index contributed by atoms with van der Waals surface area (Å²) in [6.07, 6.45) is 0. The zero-order valence-corrected chi connectivity index (χ0v) is 6.93. The van der Waals surface area contributed by atoms with Gasteiger partial charge in [0.25, 0.3) is 0 Å². The highest BCUT2D eigenvalue weighted by atomic mass is 16.5. The van der Waals surface area contributed by atoms with Gasteiger partial charge in [-0.1, -0.05) is 12.1 Å². The third-order valence-electron chi connectivity index (χ3n) is 1.39. The van der Waals surface area contributed by atoms with Crippen molar-refractivity contribution in [3.05, 3.63) is 36.4 Å². The lowest BCUT2D eigenvalue weighted by Gasteiger charge is -2.01. The fraction of sp³-hybridized carbons (Fsp3) is 0.111. The summed E-state index contributed by atoms with van der Waals surface area (Å²) in [5, 5.41) is 8.94. The molecule has 1 rings (SSSR count). The normalized spacial score (nSPS) is 9.62. The van der Waals surface area contributed by atoms with Crippen molar-refractivity contribution in [1.29, 1.82) is 0 Å². The van der Waals surface area contributed by atoms with Gasteiger partial charge in [-0.3, -0.25) is 4.79 Å². The maximum atomic E-state index is 10.6. The molecule has 0 bridgehead atoms. The zero-order valence-electron chi connectivity index (χ0n) is 6.93. The molecule has 1 radical (unpaired) electrons. The van der Waals surface area contributed by atoms with Gasteiger partial charge in [-0.2, -0.15) is 0 Å². The fourth-order valence-corrected chi connectivity index (χ4v) is 0.735. The van der Waals surface area contributed by atoms with Gasteiger partial charge in [0.2, 0.25) is 0 Å². The third kappa shape index (κ3) is 3.13. The van der Waals surface area contributed by atoms with Gasteiger partial charge in [-0.05, 0) is 17.7 Å². The molecule has 69 valence electrons. The van der Waals surface area contributed by atoms with Crippen molar-refractivity contribution in [2.75, 3.05) is 6.54 Å². The Balaban J connectivity index is 2.46. The van der Waals surface area contributed by atoms with Gasteiger partial charge in [0.15, 0.2) is 6.61 Å². The molecule has 0 amide bonds. The summed E-state index contributed by atoms with van der Waals surface area (Å²) in [6.45, 7) is 1.14. The van der Waals surface area contributed by atoms with Crippen LogP contribution in [0.2, 0.25) is 0 Å². The summed E-state index contributed by atoms with van der Waals surface area (Å²) in [5.74, 6) is -0.324. The second-order valence-electron chi connectivity index (χ2n) is 2.40. The average molecular weight is 180 g/mol. The van der Waals surface area contributed by atoms with Gasteiger partial charge in [-0.25, -0.2) is 0 Å². The molecule has 0 atom stereocenters. The van der Waals surface area contributed by atoms with Crippen LogP contribution in [0.15, 0.2) is 24.3 Å². The van der Waals surface area contributed by atoms with E-state index in [2.05, 4.69) is 4.74 Å². The molecule has 0 fully saturated rings. The lowest BCUT2D eigenvalue weighted by molar-refractivity contribution is -0.137.